The quantitative estimate of drug-likeness (QED) is 0.793. The molecule has 2 aromatic rings. The Kier molecular flexibility index (Phi) is 3.91. The van der Waals surface area contributed by atoms with Gasteiger partial charge >= 0.3 is 0 Å². The van der Waals surface area contributed by atoms with Crippen LogP contribution in [0, 0.1) is 0 Å². The molecule has 2 aromatic heterocycles. The van der Waals surface area contributed by atoms with E-state index in [9.17, 15) is 21.6 Å². The van der Waals surface area contributed by atoms with Gasteiger partial charge in [0.25, 0.3) is 11.6 Å². The molecule has 0 radical (unpaired) electrons. The van der Waals surface area contributed by atoms with Crippen molar-refractivity contribution >= 4 is 27.2 Å². The molecule has 0 amide bonds. The highest BCUT2D eigenvalue weighted by atomic mass is 32.2. The summed E-state index contributed by atoms with van der Waals surface area (Å²) in [6, 6.07) is 0. The molecule has 2 heterocycles. The Balaban J connectivity index is 2.76. The molecule has 1 unspecified atom stereocenters. The van der Waals surface area contributed by atoms with E-state index < -0.39 is 33.3 Å². The van der Waals surface area contributed by atoms with E-state index in [1.165, 1.54) is 0 Å². The lowest BCUT2D eigenvalue weighted by atomic mass is 10.3. The van der Waals surface area contributed by atoms with Crippen LogP contribution in [0.4, 0.5) is 13.2 Å². The van der Waals surface area contributed by atoms with E-state index in [2.05, 4.69) is 15.1 Å². The number of rotatable bonds is 4. The Hall–Kier alpha value is -1.36. The van der Waals surface area contributed by atoms with Gasteiger partial charge in [-0.25, -0.2) is 36.1 Å². The Morgan fingerprint density at radius 2 is 2.00 bits per heavy atom. The highest BCUT2D eigenvalue weighted by Crippen LogP contribution is 2.27. The lowest BCUT2D eigenvalue weighted by molar-refractivity contribution is 0.0462. The molecule has 110 valence electrons. The zero-order valence-corrected chi connectivity index (χ0v) is 11.9. The lowest BCUT2D eigenvalue weighted by Gasteiger charge is -2.07. The largest absolute Gasteiger partial charge is 0.275 e. The predicted molar refractivity (Wildman–Crippen MR) is 65.5 cm³/mol. The topological polar surface area (TPSA) is 77.2 Å². The number of alkyl halides is 3. The molecular formula is C9H9F3N4O2S2. The van der Waals surface area contributed by atoms with E-state index in [0.717, 1.165) is 28.7 Å². The first-order valence-electron chi connectivity index (χ1n) is 5.17. The molecule has 2 rings (SSSR count). The molecule has 6 nitrogen and oxygen atoms in total. The number of imidazole rings is 1. The summed E-state index contributed by atoms with van der Waals surface area (Å²) in [5.74, 6) is 0. The molecule has 0 spiro atoms. The molecule has 0 N–H and O–H groups in total. The zero-order valence-electron chi connectivity index (χ0n) is 10.3. The molecule has 0 bridgehead atoms. The summed E-state index contributed by atoms with van der Waals surface area (Å²) in [4.78, 5) is 7.54. The molecule has 0 aliphatic heterocycles. The average molecular weight is 326 g/mol. The average Bonchev–Trinajstić information content (AvgIpc) is 2.79. The van der Waals surface area contributed by atoms with E-state index in [1.54, 1.807) is 6.26 Å². The van der Waals surface area contributed by atoms with Crippen LogP contribution in [-0.2, 0) is 9.84 Å². The van der Waals surface area contributed by atoms with Crippen LogP contribution >= 0.6 is 11.8 Å². The third-order valence-corrected chi connectivity index (χ3v) is 3.86. The third kappa shape index (κ3) is 2.59. The summed E-state index contributed by atoms with van der Waals surface area (Å²) < 4.78 is 62.1. The van der Waals surface area contributed by atoms with Crippen molar-refractivity contribution in [3.8, 4) is 0 Å². The maximum Gasteiger partial charge on any atom is 0.275 e. The third-order valence-electron chi connectivity index (χ3n) is 2.37. The SMILES string of the molecule is CSc1nc(S(C)(=O)=O)nn2c(C(F)C(F)F)cnc12. The highest BCUT2D eigenvalue weighted by molar-refractivity contribution is 7.98. The van der Waals surface area contributed by atoms with Gasteiger partial charge in [-0.1, -0.05) is 0 Å². The number of hydrogen-bond donors (Lipinski definition) is 0. The second-order valence-electron chi connectivity index (χ2n) is 3.83. The number of halogens is 3. The fourth-order valence-electron chi connectivity index (χ4n) is 1.47. The maximum atomic E-state index is 13.5. The normalized spacial score (nSPS) is 14.1. The van der Waals surface area contributed by atoms with E-state index in [-0.39, 0.29) is 10.7 Å². The van der Waals surface area contributed by atoms with Crippen molar-refractivity contribution in [1.29, 1.82) is 0 Å². The molecule has 0 fully saturated rings. The van der Waals surface area contributed by atoms with Gasteiger partial charge in [0.1, 0.15) is 10.7 Å². The van der Waals surface area contributed by atoms with E-state index in [1.807, 2.05) is 0 Å². The number of aromatic nitrogens is 4. The number of nitrogens with zero attached hydrogens (tertiary/aromatic N) is 4. The fourth-order valence-corrected chi connectivity index (χ4v) is 2.51. The number of hydrogen-bond acceptors (Lipinski definition) is 6. The van der Waals surface area contributed by atoms with E-state index in [4.69, 9.17) is 0 Å². The Bertz CT molecular complexity index is 747. The fraction of sp³-hybridized carbons (Fsp3) is 0.444. The molecule has 0 aromatic carbocycles. The van der Waals surface area contributed by atoms with Crippen LogP contribution in [0.1, 0.15) is 11.9 Å². The second kappa shape index (κ2) is 5.20. The summed E-state index contributed by atoms with van der Waals surface area (Å²) in [7, 11) is -3.76. The second-order valence-corrected chi connectivity index (χ2v) is 6.53. The van der Waals surface area contributed by atoms with Crippen molar-refractivity contribution in [2.45, 2.75) is 22.8 Å². The summed E-state index contributed by atoms with van der Waals surface area (Å²) in [5, 5.41) is 3.17. The molecule has 11 heteroatoms. The first kappa shape index (κ1) is 15.0. The number of sulfone groups is 1. The molecule has 0 aliphatic rings. The molecule has 0 saturated heterocycles. The summed E-state index contributed by atoms with van der Waals surface area (Å²) >= 11 is 1.05. The van der Waals surface area contributed by atoms with Gasteiger partial charge in [0.2, 0.25) is 16.0 Å². The minimum absolute atomic E-state index is 0.0307. The van der Waals surface area contributed by atoms with Crippen LogP contribution in [-0.4, -0.2) is 46.9 Å². The Labute approximate surface area is 116 Å². The van der Waals surface area contributed by atoms with Gasteiger partial charge < -0.3 is 0 Å². The monoisotopic (exact) mass is 326 g/mol. The minimum atomic E-state index is -3.76. The molecule has 1 atom stereocenters. The van der Waals surface area contributed by atoms with Crippen LogP contribution in [0.15, 0.2) is 16.4 Å². The minimum Gasteiger partial charge on any atom is -0.234 e. The first-order valence-corrected chi connectivity index (χ1v) is 8.29. The summed E-state index contributed by atoms with van der Waals surface area (Å²) in [6.07, 6.45) is -2.50. The van der Waals surface area contributed by atoms with Gasteiger partial charge in [0, 0.05) is 6.26 Å². The number of fused-ring (bicyclic) bond motifs is 1. The molecule has 20 heavy (non-hydrogen) atoms. The standard InChI is InChI=1S/C9H9F3N4O2S2/c1-19-8-7-13-3-4(5(10)6(11)12)16(7)15-9(14-8)20(2,17)18/h3,5-6H,1-2H3. The van der Waals surface area contributed by atoms with Gasteiger partial charge in [-0.2, -0.15) is 0 Å². The van der Waals surface area contributed by atoms with Gasteiger partial charge in [-0.05, 0) is 6.26 Å². The van der Waals surface area contributed by atoms with Crippen LogP contribution in [0.2, 0.25) is 0 Å². The summed E-state index contributed by atoms with van der Waals surface area (Å²) in [6.45, 7) is 0. The maximum absolute atomic E-state index is 13.5. The summed E-state index contributed by atoms with van der Waals surface area (Å²) in [5.41, 5.74) is -0.485. The van der Waals surface area contributed by atoms with Crippen LogP contribution in [0.5, 0.6) is 0 Å². The van der Waals surface area contributed by atoms with Crippen molar-refractivity contribution in [2.24, 2.45) is 0 Å². The van der Waals surface area contributed by atoms with Gasteiger partial charge in [-0.3, -0.25) is 0 Å². The lowest BCUT2D eigenvalue weighted by Crippen LogP contribution is -2.13. The van der Waals surface area contributed by atoms with E-state index in [0.29, 0.717) is 0 Å². The molecular weight excluding hydrogens is 317 g/mol. The van der Waals surface area contributed by atoms with Crippen LogP contribution in [0.3, 0.4) is 0 Å². The van der Waals surface area contributed by atoms with Crippen LogP contribution in [0.25, 0.3) is 5.65 Å². The zero-order chi connectivity index (χ0) is 15.1. The Morgan fingerprint density at radius 3 is 2.50 bits per heavy atom. The van der Waals surface area contributed by atoms with Crippen LogP contribution < -0.4 is 0 Å². The first-order chi connectivity index (χ1) is 9.25. The van der Waals surface area contributed by atoms with Gasteiger partial charge in [0.15, 0.2) is 5.65 Å². The Morgan fingerprint density at radius 1 is 1.35 bits per heavy atom. The van der Waals surface area contributed by atoms with Gasteiger partial charge in [-0.15, -0.1) is 16.9 Å². The van der Waals surface area contributed by atoms with E-state index >= 15 is 0 Å². The number of thioether (sulfide) groups is 1. The molecule has 0 saturated carbocycles. The van der Waals surface area contributed by atoms with Crippen molar-refractivity contribution in [3.05, 3.63) is 11.9 Å². The van der Waals surface area contributed by atoms with Crippen molar-refractivity contribution < 1.29 is 21.6 Å². The van der Waals surface area contributed by atoms with Crippen molar-refractivity contribution in [1.82, 2.24) is 19.6 Å². The smallest absolute Gasteiger partial charge is 0.234 e. The highest BCUT2D eigenvalue weighted by Gasteiger charge is 2.28. The van der Waals surface area contributed by atoms with Crippen molar-refractivity contribution in [2.75, 3.05) is 12.5 Å². The van der Waals surface area contributed by atoms with Crippen molar-refractivity contribution in [3.63, 3.8) is 0 Å². The predicted octanol–water partition coefficient (Wildman–Crippen LogP) is 1.53. The van der Waals surface area contributed by atoms with Gasteiger partial charge in [0.05, 0.1) is 6.20 Å². The molecule has 0 aliphatic carbocycles.